The maximum Gasteiger partial charge on any atom is 0.236 e. The first kappa shape index (κ1) is 16.8. The van der Waals surface area contributed by atoms with Crippen molar-refractivity contribution in [2.45, 2.75) is 17.3 Å². The van der Waals surface area contributed by atoms with Gasteiger partial charge in [0.2, 0.25) is 5.91 Å². The molecule has 24 heavy (non-hydrogen) atoms. The largest absolute Gasteiger partial charge is 0.495 e. The number of hydrogen-bond acceptors (Lipinski definition) is 6. The van der Waals surface area contributed by atoms with Gasteiger partial charge in [-0.15, -0.1) is 10.2 Å². The van der Waals surface area contributed by atoms with E-state index in [2.05, 4.69) is 10.2 Å². The lowest BCUT2D eigenvalue weighted by molar-refractivity contribution is -0.134. The lowest BCUT2D eigenvalue weighted by Gasteiger charge is -2.28. The average Bonchev–Trinajstić information content (AvgIpc) is 3.09. The minimum Gasteiger partial charge on any atom is -0.495 e. The van der Waals surface area contributed by atoms with Crippen molar-refractivity contribution in [3.05, 3.63) is 30.6 Å². The van der Waals surface area contributed by atoms with Crippen molar-refractivity contribution < 1.29 is 14.3 Å². The van der Waals surface area contributed by atoms with E-state index in [1.54, 1.807) is 13.4 Å². The van der Waals surface area contributed by atoms with Gasteiger partial charge in [-0.05, 0) is 19.1 Å². The molecule has 3 rings (SSSR count). The summed E-state index contributed by atoms with van der Waals surface area (Å²) in [6.45, 7) is 4.37. The maximum absolute atomic E-state index is 12.6. The second-order valence-electron chi connectivity index (χ2n) is 5.35. The molecule has 1 aliphatic rings. The third-order valence-corrected chi connectivity index (χ3v) is 4.86. The number of rotatable bonds is 5. The highest BCUT2D eigenvalue weighted by molar-refractivity contribution is 8.00. The van der Waals surface area contributed by atoms with Crippen molar-refractivity contribution >= 4 is 17.7 Å². The normalized spacial score (nSPS) is 16.0. The Hall–Kier alpha value is -2.06. The summed E-state index contributed by atoms with van der Waals surface area (Å²) in [4.78, 5) is 14.4. The fourth-order valence-electron chi connectivity index (χ4n) is 2.55. The fourth-order valence-corrected chi connectivity index (χ4v) is 3.47. The lowest BCUT2D eigenvalue weighted by Crippen LogP contribution is -2.44. The maximum atomic E-state index is 12.6. The van der Waals surface area contributed by atoms with Crippen LogP contribution in [0.5, 0.6) is 5.75 Å². The molecule has 7 nitrogen and oxygen atoms in total. The summed E-state index contributed by atoms with van der Waals surface area (Å²) >= 11 is 1.39. The van der Waals surface area contributed by atoms with E-state index in [0.717, 1.165) is 11.4 Å². The van der Waals surface area contributed by atoms with Crippen molar-refractivity contribution in [3.8, 4) is 11.4 Å². The molecule has 0 aliphatic carbocycles. The first-order valence-corrected chi connectivity index (χ1v) is 8.65. The van der Waals surface area contributed by atoms with Crippen LogP contribution in [0.4, 0.5) is 0 Å². The van der Waals surface area contributed by atoms with Crippen LogP contribution >= 0.6 is 11.8 Å². The molecule has 128 valence electrons. The molecule has 1 amide bonds. The highest BCUT2D eigenvalue weighted by Crippen LogP contribution is 2.29. The van der Waals surface area contributed by atoms with Gasteiger partial charge in [-0.2, -0.15) is 0 Å². The number of ether oxygens (including phenoxy) is 2. The number of morpholine rings is 1. The molecule has 0 spiro atoms. The van der Waals surface area contributed by atoms with Gasteiger partial charge in [-0.25, -0.2) is 0 Å². The highest BCUT2D eigenvalue weighted by Gasteiger charge is 2.25. The van der Waals surface area contributed by atoms with E-state index in [1.165, 1.54) is 11.8 Å². The van der Waals surface area contributed by atoms with Crippen LogP contribution in [0.1, 0.15) is 6.92 Å². The van der Waals surface area contributed by atoms with Gasteiger partial charge in [0.15, 0.2) is 5.16 Å². The Bertz CT molecular complexity index is 700. The molecule has 2 aromatic rings. The predicted octanol–water partition coefficient (Wildman–Crippen LogP) is 1.62. The standard InChI is InChI=1S/C16H20N4O3S/c1-12(15(21)19-7-9-23-10-8-19)24-16-18-17-11-20(16)13-5-3-4-6-14(13)22-2/h3-6,11-12H,7-10H2,1-2H3/t12-/m0/s1. The summed E-state index contributed by atoms with van der Waals surface area (Å²) in [5.41, 5.74) is 0.846. The Morgan fingerprint density at radius 3 is 2.83 bits per heavy atom. The van der Waals surface area contributed by atoms with Gasteiger partial charge < -0.3 is 14.4 Å². The predicted molar refractivity (Wildman–Crippen MR) is 90.6 cm³/mol. The van der Waals surface area contributed by atoms with E-state index in [4.69, 9.17) is 9.47 Å². The summed E-state index contributed by atoms with van der Waals surface area (Å²) < 4.78 is 12.5. The zero-order valence-corrected chi connectivity index (χ0v) is 14.5. The van der Waals surface area contributed by atoms with Crippen molar-refractivity contribution in [2.75, 3.05) is 33.4 Å². The van der Waals surface area contributed by atoms with Crippen LogP contribution in [0.2, 0.25) is 0 Å². The Balaban J connectivity index is 1.76. The van der Waals surface area contributed by atoms with Crippen molar-refractivity contribution in [1.82, 2.24) is 19.7 Å². The van der Waals surface area contributed by atoms with Crippen LogP contribution in [0.15, 0.2) is 35.7 Å². The molecular formula is C16H20N4O3S. The average molecular weight is 348 g/mol. The zero-order chi connectivity index (χ0) is 16.9. The Labute approximate surface area is 145 Å². The summed E-state index contributed by atoms with van der Waals surface area (Å²) in [6, 6.07) is 7.64. The first-order chi connectivity index (χ1) is 11.7. The van der Waals surface area contributed by atoms with Crippen LogP contribution in [0, 0.1) is 0 Å². The molecule has 0 N–H and O–H groups in total. The topological polar surface area (TPSA) is 69.5 Å². The van der Waals surface area contributed by atoms with Crippen LogP contribution in [-0.2, 0) is 9.53 Å². The number of amides is 1. The van der Waals surface area contributed by atoms with Crippen molar-refractivity contribution in [3.63, 3.8) is 0 Å². The molecule has 1 aromatic carbocycles. The van der Waals surface area contributed by atoms with E-state index in [1.807, 2.05) is 40.7 Å². The van der Waals surface area contributed by atoms with Crippen molar-refractivity contribution in [1.29, 1.82) is 0 Å². The molecule has 1 aliphatic heterocycles. The summed E-state index contributed by atoms with van der Waals surface area (Å²) in [6.07, 6.45) is 1.63. The van der Waals surface area contributed by atoms with E-state index >= 15 is 0 Å². The van der Waals surface area contributed by atoms with Gasteiger partial charge in [0.25, 0.3) is 0 Å². The molecule has 1 fully saturated rings. The van der Waals surface area contributed by atoms with Gasteiger partial charge in [0.05, 0.1) is 31.3 Å². The molecule has 0 bridgehead atoms. The minimum atomic E-state index is -0.249. The summed E-state index contributed by atoms with van der Waals surface area (Å²) in [5, 5.41) is 8.56. The lowest BCUT2D eigenvalue weighted by atomic mass is 10.3. The van der Waals surface area contributed by atoms with Gasteiger partial charge in [-0.3, -0.25) is 9.36 Å². The highest BCUT2D eigenvalue weighted by atomic mass is 32.2. The van der Waals surface area contributed by atoms with Gasteiger partial charge >= 0.3 is 0 Å². The SMILES string of the molecule is COc1ccccc1-n1cnnc1S[C@@H](C)C(=O)N1CCOCC1. The monoisotopic (exact) mass is 348 g/mol. The fraction of sp³-hybridized carbons (Fsp3) is 0.438. The first-order valence-electron chi connectivity index (χ1n) is 7.77. The molecule has 0 unspecified atom stereocenters. The third-order valence-electron chi connectivity index (χ3n) is 3.81. The van der Waals surface area contributed by atoms with E-state index in [0.29, 0.717) is 31.5 Å². The van der Waals surface area contributed by atoms with Crippen LogP contribution in [0.3, 0.4) is 0 Å². The van der Waals surface area contributed by atoms with Gasteiger partial charge in [0.1, 0.15) is 12.1 Å². The second-order valence-corrected chi connectivity index (χ2v) is 6.66. The number of carbonyl (C=O) groups is 1. The minimum absolute atomic E-state index is 0.0953. The number of hydrogen-bond donors (Lipinski definition) is 0. The zero-order valence-electron chi connectivity index (χ0n) is 13.7. The molecule has 0 saturated carbocycles. The van der Waals surface area contributed by atoms with E-state index in [-0.39, 0.29) is 11.2 Å². The Morgan fingerprint density at radius 2 is 2.08 bits per heavy atom. The molecule has 0 radical (unpaired) electrons. The number of para-hydroxylation sites is 2. The number of carbonyl (C=O) groups excluding carboxylic acids is 1. The molecule has 1 saturated heterocycles. The van der Waals surface area contributed by atoms with E-state index < -0.39 is 0 Å². The van der Waals surface area contributed by atoms with Crippen LogP contribution in [-0.4, -0.2) is 64.2 Å². The quantitative estimate of drug-likeness (QED) is 0.765. The smallest absolute Gasteiger partial charge is 0.236 e. The molecule has 8 heteroatoms. The molecule has 1 aromatic heterocycles. The Morgan fingerprint density at radius 1 is 1.33 bits per heavy atom. The number of nitrogens with zero attached hydrogens (tertiary/aromatic N) is 4. The molecular weight excluding hydrogens is 328 g/mol. The second kappa shape index (κ2) is 7.67. The molecule has 1 atom stereocenters. The number of methoxy groups -OCH3 is 1. The van der Waals surface area contributed by atoms with Gasteiger partial charge in [0, 0.05) is 13.1 Å². The third kappa shape index (κ3) is 3.54. The summed E-state index contributed by atoms with van der Waals surface area (Å²) in [5.74, 6) is 0.823. The van der Waals surface area contributed by atoms with Crippen molar-refractivity contribution in [2.24, 2.45) is 0 Å². The summed E-state index contributed by atoms with van der Waals surface area (Å²) in [7, 11) is 1.63. The van der Waals surface area contributed by atoms with E-state index in [9.17, 15) is 4.79 Å². The van der Waals surface area contributed by atoms with Gasteiger partial charge in [-0.1, -0.05) is 23.9 Å². The number of thioether (sulfide) groups is 1. The number of aromatic nitrogens is 3. The molecule has 2 heterocycles. The van der Waals surface area contributed by atoms with Crippen LogP contribution in [0.25, 0.3) is 5.69 Å². The van der Waals surface area contributed by atoms with Crippen LogP contribution < -0.4 is 4.74 Å². The Kier molecular flexibility index (Phi) is 5.37. The number of benzene rings is 1.